The van der Waals surface area contributed by atoms with Crippen LogP contribution in [0.25, 0.3) is 11.4 Å². The predicted octanol–water partition coefficient (Wildman–Crippen LogP) is 5.17. The second-order valence-corrected chi connectivity index (χ2v) is 7.96. The lowest BCUT2D eigenvalue weighted by Crippen LogP contribution is -2.06. The van der Waals surface area contributed by atoms with Gasteiger partial charge >= 0.3 is 0 Å². The van der Waals surface area contributed by atoms with Crippen molar-refractivity contribution < 1.29 is 9.18 Å². The molecule has 0 aliphatic rings. The second kappa shape index (κ2) is 8.50. The zero-order chi connectivity index (χ0) is 19.3. The molecular formula is C21H16FN3OS2. The molecule has 0 atom stereocenters. The van der Waals surface area contributed by atoms with Gasteiger partial charge in [0, 0.05) is 5.56 Å². The van der Waals surface area contributed by atoms with Gasteiger partial charge in [0.1, 0.15) is 5.82 Å². The van der Waals surface area contributed by atoms with Gasteiger partial charge < -0.3 is 0 Å². The van der Waals surface area contributed by atoms with Crippen molar-refractivity contribution in [1.29, 1.82) is 0 Å². The summed E-state index contributed by atoms with van der Waals surface area (Å²) in [6, 6.07) is 19.9. The fourth-order valence-electron chi connectivity index (χ4n) is 2.75. The third kappa shape index (κ3) is 4.21. The normalized spacial score (nSPS) is 10.9. The molecule has 0 N–H and O–H groups in total. The molecule has 2 aromatic heterocycles. The molecule has 0 unspecified atom stereocenters. The monoisotopic (exact) mass is 409 g/mol. The van der Waals surface area contributed by atoms with Gasteiger partial charge in [0.15, 0.2) is 16.8 Å². The van der Waals surface area contributed by atoms with E-state index >= 15 is 0 Å². The van der Waals surface area contributed by atoms with Crippen molar-refractivity contribution >= 4 is 28.9 Å². The van der Waals surface area contributed by atoms with Gasteiger partial charge in [-0.15, -0.1) is 21.5 Å². The molecule has 0 fully saturated rings. The Hall–Kier alpha value is -2.77. The second-order valence-electron chi connectivity index (χ2n) is 6.07. The van der Waals surface area contributed by atoms with Crippen molar-refractivity contribution in [3.8, 4) is 11.4 Å². The number of rotatable bonds is 7. The van der Waals surface area contributed by atoms with Gasteiger partial charge in [0.25, 0.3) is 0 Å². The average molecular weight is 410 g/mol. The van der Waals surface area contributed by atoms with Crippen molar-refractivity contribution in [1.82, 2.24) is 14.8 Å². The van der Waals surface area contributed by atoms with Gasteiger partial charge in [-0.2, -0.15) is 0 Å². The summed E-state index contributed by atoms with van der Waals surface area (Å²) < 4.78 is 15.3. The summed E-state index contributed by atoms with van der Waals surface area (Å²) >= 11 is 2.80. The Morgan fingerprint density at radius 2 is 1.79 bits per heavy atom. The summed E-state index contributed by atoms with van der Waals surface area (Å²) in [7, 11) is 0. The number of ketones is 1. The molecule has 0 aliphatic heterocycles. The highest BCUT2D eigenvalue weighted by Gasteiger charge is 2.17. The summed E-state index contributed by atoms with van der Waals surface area (Å²) in [5, 5.41) is 11.2. The molecule has 4 aromatic rings. The van der Waals surface area contributed by atoms with E-state index in [9.17, 15) is 9.18 Å². The molecule has 0 bridgehead atoms. The SMILES string of the molecule is O=C(CSc1nnc(-c2ccc(F)cc2)n1Cc1ccccc1)c1cccs1. The number of carbonyl (C=O) groups excluding carboxylic acids is 1. The maximum atomic E-state index is 13.3. The molecule has 2 aromatic carbocycles. The van der Waals surface area contributed by atoms with Crippen LogP contribution in [-0.4, -0.2) is 26.3 Å². The molecule has 0 spiro atoms. The van der Waals surface area contributed by atoms with E-state index in [1.54, 1.807) is 12.1 Å². The van der Waals surface area contributed by atoms with E-state index in [-0.39, 0.29) is 17.4 Å². The Labute approximate surface area is 170 Å². The lowest BCUT2D eigenvalue weighted by molar-refractivity contribution is 0.102. The van der Waals surface area contributed by atoms with E-state index < -0.39 is 0 Å². The minimum absolute atomic E-state index is 0.0672. The number of nitrogens with zero attached hydrogens (tertiary/aromatic N) is 3. The summed E-state index contributed by atoms with van der Waals surface area (Å²) in [6.45, 7) is 0.566. The Morgan fingerprint density at radius 3 is 2.50 bits per heavy atom. The van der Waals surface area contributed by atoms with Crippen LogP contribution in [0.15, 0.2) is 77.3 Å². The topological polar surface area (TPSA) is 47.8 Å². The van der Waals surface area contributed by atoms with Crippen molar-refractivity contribution in [2.24, 2.45) is 0 Å². The standard InChI is InChI=1S/C21H16FN3OS2/c22-17-10-8-16(9-11-17)20-23-24-21(25(20)13-15-5-2-1-3-6-15)28-14-18(26)19-7-4-12-27-19/h1-12H,13-14H2. The smallest absolute Gasteiger partial charge is 0.192 e. The molecule has 0 amide bonds. The minimum atomic E-state index is -0.297. The van der Waals surface area contributed by atoms with Crippen molar-refractivity contribution in [3.05, 3.63) is 88.4 Å². The first kappa shape index (κ1) is 18.6. The molecule has 2 heterocycles. The van der Waals surface area contributed by atoms with Gasteiger partial charge in [-0.25, -0.2) is 4.39 Å². The van der Waals surface area contributed by atoms with Crippen LogP contribution in [0.4, 0.5) is 4.39 Å². The first-order valence-electron chi connectivity index (χ1n) is 8.63. The molecule has 4 nitrogen and oxygen atoms in total. The quantitative estimate of drug-likeness (QED) is 0.312. The third-order valence-electron chi connectivity index (χ3n) is 4.13. The molecule has 0 saturated carbocycles. The lowest BCUT2D eigenvalue weighted by atomic mass is 10.2. The van der Waals surface area contributed by atoms with E-state index in [0.29, 0.717) is 17.5 Å². The number of benzene rings is 2. The number of aromatic nitrogens is 3. The first-order valence-corrected chi connectivity index (χ1v) is 10.5. The van der Waals surface area contributed by atoms with E-state index in [1.807, 2.05) is 52.4 Å². The highest BCUT2D eigenvalue weighted by molar-refractivity contribution is 7.99. The molecule has 4 rings (SSSR count). The molecule has 0 saturated heterocycles. The van der Waals surface area contributed by atoms with Crippen molar-refractivity contribution in [3.63, 3.8) is 0 Å². The van der Waals surface area contributed by atoms with Crippen LogP contribution in [0.5, 0.6) is 0 Å². The number of thiophene rings is 1. The molecule has 140 valence electrons. The van der Waals surface area contributed by atoms with Gasteiger partial charge in [-0.05, 0) is 41.3 Å². The van der Waals surface area contributed by atoms with E-state index in [1.165, 1.54) is 35.2 Å². The van der Waals surface area contributed by atoms with Gasteiger partial charge in [-0.3, -0.25) is 9.36 Å². The van der Waals surface area contributed by atoms with E-state index in [2.05, 4.69) is 10.2 Å². The minimum Gasteiger partial charge on any atom is -0.298 e. The summed E-state index contributed by atoms with van der Waals surface area (Å²) in [6.07, 6.45) is 0. The lowest BCUT2D eigenvalue weighted by Gasteiger charge is -2.10. The number of thioether (sulfide) groups is 1. The van der Waals surface area contributed by atoms with Crippen LogP contribution in [0.2, 0.25) is 0 Å². The van der Waals surface area contributed by atoms with E-state index in [4.69, 9.17) is 0 Å². The van der Waals surface area contributed by atoms with Crippen molar-refractivity contribution in [2.45, 2.75) is 11.7 Å². The van der Waals surface area contributed by atoms with Crippen LogP contribution < -0.4 is 0 Å². The number of hydrogen-bond donors (Lipinski definition) is 0. The van der Waals surface area contributed by atoms with Crippen molar-refractivity contribution in [2.75, 3.05) is 5.75 Å². The fraction of sp³-hybridized carbons (Fsp3) is 0.0952. The Balaban J connectivity index is 1.63. The molecule has 0 aliphatic carbocycles. The van der Waals surface area contributed by atoms with Crippen LogP contribution >= 0.6 is 23.1 Å². The van der Waals surface area contributed by atoms with Crippen LogP contribution in [0.1, 0.15) is 15.2 Å². The molecule has 7 heteroatoms. The molecule has 0 radical (unpaired) electrons. The maximum Gasteiger partial charge on any atom is 0.192 e. The highest BCUT2D eigenvalue weighted by Crippen LogP contribution is 2.26. The summed E-state index contributed by atoms with van der Waals surface area (Å²) in [5.74, 6) is 0.707. The zero-order valence-electron chi connectivity index (χ0n) is 14.8. The number of Topliss-reactive ketones (excluding diaryl/α,β-unsaturated/α-hetero) is 1. The van der Waals surface area contributed by atoms with Crippen LogP contribution in [-0.2, 0) is 6.54 Å². The number of halogens is 1. The molecule has 28 heavy (non-hydrogen) atoms. The maximum absolute atomic E-state index is 13.3. The van der Waals surface area contributed by atoms with E-state index in [0.717, 1.165) is 16.0 Å². The third-order valence-corrected chi connectivity index (χ3v) is 6.01. The number of carbonyl (C=O) groups is 1. The summed E-state index contributed by atoms with van der Waals surface area (Å²) in [4.78, 5) is 13.1. The zero-order valence-corrected chi connectivity index (χ0v) is 16.4. The first-order chi connectivity index (χ1) is 13.7. The van der Waals surface area contributed by atoms with Gasteiger partial charge in [0.05, 0.1) is 17.2 Å². The van der Waals surface area contributed by atoms with Gasteiger partial charge in [-0.1, -0.05) is 48.2 Å². The highest BCUT2D eigenvalue weighted by atomic mass is 32.2. The van der Waals surface area contributed by atoms with Crippen LogP contribution in [0, 0.1) is 5.82 Å². The average Bonchev–Trinajstić information content (AvgIpc) is 3.38. The fourth-order valence-corrected chi connectivity index (χ4v) is 4.33. The summed E-state index contributed by atoms with van der Waals surface area (Å²) in [5.41, 5.74) is 1.87. The Bertz CT molecular complexity index is 1060. The largest absolute Gasteiger partial charge is 0.298 e. The predicted molar refractivity (Wildman–Crippen MR) is 110 cm³/mol. The molecular weight excluding hydrogens is 393 g/mol. The van der Waals surface area contributed by atoms with Crippen LogP contribution in [0.3, 0.4) is 0 Å². The van der Waals surface area contributed by atoms with Gasteiger partial charge in [0.2, 0.25) is 0 Å². The Kier molecular flexibility index (Phi) is 5.64. The number of hydrogen-bond acceptors (Lipinski definition) is 5. The Morgan fingerprint density at radius 1 is 1.00 bits per heavy atom.